The Morgan fingerprint density at radius 2 is 1.47 bits per heavy atom. The molecule has 0 saturated carbocycles. The van der Waals surface area contributed by atoms with Gasteiger partial charge in [0.05, 0.1) is 0 Å². The van der Waals surface area contributed by atoms with Crippen LogP contribution in [0, 0.1) is 0 Å². The maximum Gasteiger partial charge on any atom is 0.243 e. The van der Waals surface area contributed by atoms with Crippen molar-refractivity contribution in [2.45, 2.75) is 50.7 Å². The predicted octanol–water partition coefficient (Wildman–Crippen LogP) is 2.47. The summed E-state index contributed by atoms with van der Waals surface area (Å²) in [6.07, 6.45) is 2.05. The summed E-state index contributed by atoms with van der Waals surface area (Å²) in [4.78, 5) is 38.2. The summed E-state index contributed by atoms with van der Waals surface area (Å²) in [5.74, 6) is -1.41. The van der Waals surface area contributed by atoms with Gasteiger partial charge >= 0.3 is 0 Å². The molecule has 3 atom stereocenters. The smallest absolute Gasteiger partial charge is 0.243 e. The van der Waals surface area contributed by atoms with Crippen molar-refractivity contribution >= 4 is 34.2 Å². The van der Waals surface area contributed by atoms with Crippen LogP contribution in [0.25, 0.3) is 10.8 Å². The van der Waals surface area contributed by atoms with E-state index in [-0.39, 0.29) is 12.3 Å². The third kappa shape index (κ3) is 7.81. The van der Waals surface area contributed by atoms with Crippen molar-refractivity contribution < 1.29 is 14.4 Å². The van der Waals surface area contributed by atoms with Crippen LogP contribution in [-0.4, -0.2) is 42.4 Å². The molecular formula is C28H35N5O3. The van der Waals surface area contributed by atoms with Gasteiger partial charge in [-0.2, -0.15) is 0 Å². The van der Waals surface area contributed by atoms with E-state index in [1.807, 2.05) is 72.8 Å². The molecule has 8 nitrogen and oxygen atoms in total. The lowest BCUT2D eigenvalue weighted by atomic mass is 10.0. The summed E-state index contributed by atoms with van der Waals surface area (Å²) in [7, 11) is 0. The van der Waals surface area contributed by atoms with Gasteiger partial charge in [-0.05, 0) is 61.2 Å². The van der Waals surface area contributed by atoms with Gasteiger partial charge in [-0.25, -0.2) is 0 Å². The monoisotopic (exact) mass is 489 g/mol. The Balaban J connectivity index is 1.70. The SMILES string of the molecule is C[C@@H](Nc1ccc2ccccc2c1)C(=O)N[C@H](Cc1ccccc1)C(=O)N[C@@H](CCCCN)C(N)=O. The van der Waals surface area contributed by atoms with E-state index in [9.17, 15) is 14.4 Å². The second-order valence-electron chi connectivity index (χ2n) is 8.93. The lowest BCUT2D eigenvalue weighted by Crippen LogP contribution is -2.55. The van der Waals surface area contributed by atoms with Crippen LogP contribution in [0.3, 0.4) is 0 Å². The minimum atomic E-state index is -0.878. The first-order chi connectivity index (χ1) is 17.4. The van der Waals surface area contributed by atoms with Crippen LogP contribution in [-0.2, 0) is 20.8 Å². The number of nitrogens with one attached hydrogen (secondary N) is 3. The van der Waals surface area contributed by atoms with Crippen molar-refractivity contribution in [1.82, 2.24) is 10.6 Å². The van der Waals surface area contributed by atoms with Crippen LogP contribution in [0.15, 0.2) is 72.8 Å². The fourth-order valence-electron chi connectivity index (χ4n) is 4.00. The van der Waals surface area contributed by atoms with Gasteiger partial charge in [0.2, 0.25) is 17.7 Å². The molecule has 0 aliphatic rings. The lowest BCUT2D eigenvalue weighted by Gasteiger charge is -2.24. The van der Waals surface area contributed by atoms with Gasteiger partial charge < -0.3 is 27.4 Å². The van der Waals surface area contributed by atoms with Gasteiger partial charge in [-0.1, -0.05) is 60.7 Å². The van der Waals surface area contributed by atoms with Crippen molar-refractivity contribution in [3.8, 4) is 0 Å². The largest absolute Gasteiger partial charge is 0.374 e. The summed E-state index contributed by atoms with van der Waals surface area (Å²) in [5, 5.41) is 10.9. The lowest BCUT2D eigenvalue weighted by molar-refractivity contribution is -0.131. The van der Waals surface area contributed by atoms with E-state index in [0.717, 1.165) is 28.4 Å². The fraction of sp³-hybridized carbons (Fsp3) is 0.321. The zero-order chi connectivity index (χ0) is 25.9. The quantitative estimate of drug-likeness (QED) is 0.235. The number of primary amides is 1. The number of fused-ring (bicyclic) bond motifs is 1. The molecule has 0 fully saturated rings. The molecule has 3 aromatic carbocycles. The van der Waals surface area contributed by atoms with E-state index < -0.39 is 29.9 Å². The van der Waals surface area contributed by atoms with E-state index in [2.05, 4.69) is 16.0 Å². The number of carbonyl (C=O) groups excluding carboxylic acids is 3. The van der Waals surface area contributed by atoms with Crippen LogP contribution in [0.5, 0.6) is 0 Å². The zero-order valence-electron chi connectivity index (χ0n) is 20.6. The van der Waals surface area contributed by atoms with E-state index >= 15 is 0 Å². The van der Waals surface area contributed by atoms with Gasteiger partial charge in [0.1, 0.15) is 18.1 Å². The molecule has 0 aliphatic carbocycles. The summed E-state index contributed by atoms with van der Waals surface area (Å²) < 4.78 is 0. The summed E-state index contributed by atoms with van der Waals surface area (Å²) in [6, 6.07) is 20.9. The molecule has 3 aromatic rings. The number of nitrogens with two attached hydrogens (primary N) is 2. The Morgan fingerprint density at radius 1 is 0.806 bits per heavy atom. The highest BCUT2D eigenvalue weighted by Gasteiger charge is 2.27. The van der Waals surface area contributed by atoms with Crippen LogP contribution in [0.1, 0.15) is 31.7 Å². The molecule has 36 heavy (non-hydrogen) atoms. The van der Waals surface area contributed by atoms with E-state index in [1.54, 1.807) is 6.92 Å². The number of rotatable bonds is 13. The molecule has 0 unspecified atom stereocenters. The summed E-state index contributed by atoms with van der Waals surface area (Å²) in [5.41, 5.74) is 12.7. The molecule has 0 aromatic heterocycles. The van der Waals surface area contributed by atoms with Gasteiger partial charge in [0, 0.05) is 12.1 Å². The Kier molecular flexibility index (Phi) is 9.82. The molecule has 3 amide bonds. The van der Waals surface area contributed by atoms with E-state index in [4.69, 9.17) is 11.5 Å². The predicted molar refractivity (Wildman–Crippen MR) is 143 cm³/mol. The first kappa shape index (κ1) is 26.7. The molecule has 3 rings (SSSR count). The molecule has 0 bridgehead atoms. The Bertz CT molecular complexity index is 1170. The second-order valence-corrected chi connectivity index (χ2v) is 8.93. The molecule has 8 heteroatoms. The Labute approximate surface area is 211 Å². The minimum Gasteiger partial charge on any atom is -0.374 e. The number of unbranched alkanes of at least 4 members (excludes halogenated alkanes) is 1. The topological polar surface area (TPSA) is 139 Å². The number of anilines is 1. The maximum absolute atomic E-state index is 13.2. The molecule has 0 aliphatic heterocycles. The highest BCUT2D eigenvalue weighted by molar-refractivity contribution is 5.94. The van der Waals surface area contributed by atoms with Crippen molar-refractivity contribution in [2.75, 3.05) is 11.9 Å². The summed E-state index contributed by atoms with van der Waals surface area (Å²) in [6.45, 7) is 2.23. The minimum absolute atomic E-state index is 0.273. The molecular weight excluding hydrogens is 454 g/mol. The number of hydrogen-bond donors (Lipinski definition) is 5. The number of hydrogen-bond acceptors (Lipinski definition) is 5. The number of amides is 3. The third-order valence-electron chi connectivity index (χ3n) is 6.05. The van der Waals surface area contributed by atoms with E-state index in [1.165, 1.54) is 0 Å². The first-order valence-electron chi connectivity index (χ1n) is 12.3. The molecule has 0 radical (unpaired) electrons. The maximum atomic E-state index is 13.2. The molecule has 7 N–H and O–H groups in total. The van der Waals surface area contributed by atoms with Crippen LogP contribution >= 0.6 is 0 Å². The van der Waals surface area contributed by atoms with E-state index in [0.29, 0.717) is 19.4 Å². The first-order valence-corrected chi connectivity index (χ1v) is 12.3. The number of carbonyl (C=O) groups is 3. The normalized spacial score (nSPS) is 13.4. The van der Waals surface area contributed by atoms with Gasteiger partial charge in [-0.3, -0.25) is 14.4 Å². The van der Waals surface area contributed by atoms with Crippen LogP contribution in [0.4, 0.5) is 5.69 Å². The van der Waals surface area contributed by atoms with Crippen molar-refractivity contribution in [2.24, 2.45) is 11.5 Å². The summed E-state index contributed by atoms with van der Waals surface area (Å²) >= 11 is 0. The third-order valence-corrected chi connectivity index (χ3v) is 6.05. The Morgan fingerprint density at radius 3 is 2.17 bits per heavy atom. The van der Waals surface area contributed by atoms with Crippen molar-refractivity contribution in [3.05, 3.63) is 78.4 Å². The fourth-order valence-corrected chi connectivity index (χ4v) is 4.00. The molecule has 0 heterocycles. The molecule has 190 valence electrons. The highest BCUT2D eigenvalue weighted by Crippen LogP contribution is 2.19. The van der Waals surface area contributed by atoms with Gasteiger partial charge in [-0.15, -0.1) is 0 Å². The highest BCUT2D eigenvalue weighted by atomic mass is 16.2. The zero-order valence-corrected chi connectivity index (χ0v) is 20.6. The molecule has 0 spiro atoms. The average Bonchev–Trinajstić information content (AvgIpc) is 2.88. The Hall–Kier alpha value is -3.91. The van der Waals surface area contributed by atoms with Gasteiger partial charge in [0.15, 0.2) is 0 Å². The van der Waals surface area contributed by atoms with Crippen molar-refractivity contribution in [3.63, 3.8) is 0 Å². The average molecular weight is 490 g/mol. The number of benzene rings is 3. The van der Waals surface area contributed by atoms with Gasteiger partial charge in [0.25, 0.3) is 0 Å². The standard InChI is InChI=1S/C28H35N5O3/c1-19(31-23-15-14-21-11-5-6-12-22(21)18-23)27(35)33-25(17-20-9-3-2-4-10-20)28(36)32-24(26(30)34)13-7-8-16-29/h2-6,9-12,14-15,18-19,24-25,31H,7-8,13,16-17,29H2,1H3,(H2,30,34)(H,32,36)(H,33,35)/t19-,24+,25-/m1/s1. The molecule has 0 saturated heterocycles. The van der Waals surface area contributed by atoms with Crippen molar-refractivity contribution in [1.29, 1.82) is 0 Å². The van der Waals surface area contributed by atoms with Crippen LogP contribution < -0.4 is 27.4 Å². The second kappa shape index (κ2) is 13.3. The van der Waals surface area contributed by atoms with Crippen LogP contribution in [0.2, 0.25) is 0 Å².